The van der Waals surface area contributed by atoms with Crippen molar-refractivity contribution < 1.29 is 14.3 Å². The summed E-state index contributed by atoms with van der Waals surface area (Å²) in [6.45, 7) is 1.94. The second-order valence-electron chi connectivity index (χ2n) is 7.04. The van der Waals surface area contributed by atoms with E-state index in [-0.39, 0.29) is 11.9 Å². The normalized spacial score (nSPS) is 14.0. The summed E-state index contributed by atoms with van der Waals surface area (Å²) in [4.78, 5) is 29.6. The summed E-state index contributed by atoms with van der Waals surface area (Å²) < 4.78 is 5.28. The Kier molecular flexibility index (Phi) is 5.99. The summed E-state index contributed by atoms with van der Waals surface area (Å²) in [6, 6.07) is 18.8. The van der Waals surface area contributed by atoms with Crippen molar-refractivity contribution >= 4 is 34.6 Å². The summed E-state index contributed by atoms with van der Waals surface area (Å²) >= 11 is 1.40. The van der Waals surface area contributed by atoms with E-state index in [9.17, 15) is 9.59 Å². The molecule has 7 heteroatoms. The number of urea groups is 1. The molecule has 0 unspecified atom stereocenters. The molecule has 154 valence electrons. The van der Waals surface area contributed by atoms with E-state index >= 15 is 0 Å². The topological polar surface area (TPSA) is 61.9 Å². The molecule has 3 aromatic rings. The Morgan fingerprint density at radius 1 is 1.10 bits per heavy atom. The molecule has 6 nitrogen and oxygen atoms in total. The van der Waals surface area contributed by atoms with Gasteiger partial charge in [-0.1, -0.05) is 18.2 Å². The summed E-state index contributed by atoms with van der Waals surface area (Å²) in [5, 5.41) is 4.76. The predicted molar refractivity (Wildman–Crippen MR) is 119 cm³/mol. The van der Waals surface area contributed by atoms with Crippen molar-refractivity contribution in [3.05, 3.63) is 76.5 Å². The van der Waals surface area contributed by atoms with Crippen molar-refractivity contribution in [3.63, 3.8) is 0 Å². The van der Waals surface area contributed by atoms with Crippen LogP contribution in [0.4, 0.5) is 16.2 Å². The molecule has 2 heterocycles. The van der Waals surface area contributed by atoms with Crippen LogP contribution in [-0.4, -0.2) is 37.0 Å². The lowest BCUT2D eigenvalue weighted by Crippen LogP contribution is -2.49. The van der Waals surface area contributed by atoms with E-state index in [1.165, 1.54) is 11.3 Å². The fraction of sp³-hybridized carbons (Fsp3) is 0.217. The van der Waals surface area contributed by atoms with Gasteiger partial charge in [-0.2, -0.15) is 0 Å². The molecule has 4 rings (SSSR count). The fourth-order valence-corrected chi connectivity index (χ4v) is 4.10. The lowest BCUT2D eigenvalue weighted by molar-refractivity contribution is 0.103. The Morgan fingerprint density at radius 2 is 1.93 bits per heavy atom. The van der Waals surface area contributed by atoms with Crippen LogP contribution in [0.2, 0.25) is 0 Å². The maximum Gasteiger partial charge on any atom is 0.324 e. The van der Waals surface area contributed by atoms with Gasteiger partial charge in [0.25, 0.3) is 5.91 Å². The first-order valence-electron chi connectivity index (χ1n) is 9.78. The van der Waals surface area contributed by atoms with Gasteiger partial charge in [0.2, 0.25) is 0 Å². The summed E-state index contributed by atoms with van der Waals surface area (Å²) in [5.74, 6) is 0.658. The molecule has 1 aliphatic rings. The number of amides is 3. The van der Waals surface area contributed by atoms with Gasteiger partial charge < -0.3 is 15.0 Å². The molecule has 0 aliphatic carbocycles. The second-order valence-corrected chi connectivity index (χ2v) is 7.99. The monoisotopic (exact) mass is 421 g/mol. The molecule has 30 heavy (non-hydrogen) atoms. The minimum Gasteiger partial charge on any atom is -0.497 e. The van der Waals surface area contributed by atoms with E-state index in [1.807, 2.05) is 64.9 Å². The Bertz CT molecular complexity index is 1020. The smallest absolute Gasteiger partial charge is 0.324 e. The number of carbonyl (C=O) groups is 2. The quantitative estimate of drug-likeness (QED) is 0.619. The third kappa shape index (κ3) is 4.46. The van der Waals surface area contributed by atoms with Crippen LogP contribution in [0, 0.1) is 0 Å². The summed E-state index contributed by atoms with van der Waals surface area (Å²) in [5.41, 5.74) is 2.57. The lowest BCUT2D eigenvalue weighted by atomic mass is 10.1. The number of ether oxygens (including phenoxy) is 1. The maximum atomic E-state index is 13.1. The van der Waals surface area contributed by atoms with Crippen LogP contribution in [-0.2, 0) is 6.54 Å². The van der Waals surface area contributed by atoms with Crippen LogP contribution in [0.3, 0.4) is 0 Å². The fourth-order valence-electron chi connectivity index (χ4n) is 3.48. The highest BCUT2D eigenvalue weighted by atomic mass is 32.1. The van der Waals surface area contributed by atoms with Gasteiger partial charge >= 0.3 is 6.03 Å². The third-order valence-corrected chi connectivity index (χ3v) is 5.87. The zero-order valence-electron chi connectivity index (χ0n) is 16.7. The number of carbonyl (C=O) groups excluding carboxylic acids is 2. The van der Waals surface area contributed by atoms with Gasteiger partial charge in [0, 0.05) is 31.0 Å². The molecule has 1 N–H and O–H groups in total. The van der Waals surface area contributed by atoms with Gasteiger partial charge in [-0.15, -0.1) is 11.3 Å². The van der Waals surface area contributed by atoms with Gasteiger partial charge in [-0.3, -0.25) is 9.69 Å². The summed E-state index contributed by atoms with van der Waals surface area (Å²) in [6.07, 6.45) is 0.895. The number of hydrogen-bond acceptors (Lipinski definition) is 4. The van der Waals surface area contributed by atoms with Crippen molar-refractivity contribution in [2.45, 2.75) is 13.0 Å². The molecule has 1 aromatic heterocycles. The number of nitrogens with zero attached hydrogens (tertiary/aromatic N) is 2. The molecule has 0 saturated carbocycles. The molecule has 2 aromatic carbocycles. The zero-order valence-corrected chi connectivity index (χ0v) is 17.5. The largest absolute Gasteiger partial charge is 0.497 e. The highest BCUT2D eigenvalue weighted by Crippen LogP contribution is 2.24. The van der Waals surface area contributed by atoms with Crippen LogP contribution in [0.1, 0.15) is 21.7 Å². The highest BCUT2D eigenvalue weighted by Gasteiger charge is 2.26. The van der Waals surface area contributed by atoms with Crippen LogP contribution < -0.4 is 15.0 Å². The Morgan fingerprint density at radius 3 is 2.67 bits per heavy atom. The van der Waals surface area contributed by atoms with Crippen molar-refractivity contribution in [1.29, 1.82) is 0 Å². The van der Waals surface area contributed by atoms with Gasteiger partial charge in [0.15, 0.2) is 0 Å². The Hall–Kier alpha value is -3.32. The van der Waals surface area contributed by atoms with Crippen LogP contribution in [0.5, 0.6) is 5.75 Å². The van der Waals surface area contributed by atoms with Gasteiger partial charge in [-0.25, -0.2) is 4.79 Å². The van der Waals surface area contributed by atoms with E-state index in [2.05, 4.69) is 5.32 Å². The SMILES string of the molecule is COc1cccc(CN2CCCN(c3ccc(NC(=O)c4cccs4)cc3)C2=O)c1. The molecule has 3 amide bonds. The third-order valence-electron chi connectivity index (χ3n) is 5.00. The van der Waals surface area contributed by atoms with Crippen molar-refractivity contribution in [2.75, 3.05) is 30.4 Å². The van der Waals surface area contributed by atoms with E-state index in [4.69, 9.17) is 4.74 Å². The molecule has 0 atom stereocenters. The summed E-state index contributed by atoms with van der Waals surface area (Å²) in [7, 11) is 1.64. The number of methoxy groups -OCH3 is 1. The number of hydrogen-bond donors (Lipinski definition) is 1. The van der Waals surface area contributed by atoms with Crippen LogP contribution in [0.15, 0.2) is 66.0 Å². The number of anilines is 2. The van der Waals surface area contributed by atoms with E-state index < -0.39 is 0 Å². The van der Waals surface area contributed by atoms with Crippen molar-refractivity contribution in [3.8, 4) is 5.75 Å². The molecule has 0 radical (unpaired) electrons. The van der Waals surface area contributed by atoms with Gasteiger partial charge in [-0.05, 0) is 59.8 Å². The first-order valence-corrected chi connectivity index (χ1v) is 10.7. The molecule has 0 bridgehead atoms. The first kappa shape index (κ1) is 20.0. The highest BCUT2D eigenvalue weighted by molar-refractivity contribution is 7.12. The van der Waals surface area contributed by atoms with E-state index in [0.29, 0.717) is 23.7 Å². The maximum absolute atomic E-state index is 13.1. The number of nitrogens with one attached hydrogen (secondary N) is 1. The zero-order chi connectivity index (χ0) is 20.9. The number of thiophene rings is 1. The average Bonchev–Trinajstić information content (AvgIpc) is 3.31. The molecule has 0 spiro atoms. The van der Waals surface area contributed by atoms with Crippen molar-refractivity contribution in [1.82, 2.24) is 4.90 Å². The Labute approximate surface area is 179 Å². The minimum atomic E-state index is -0.128. The molecule has 1 fully saturated rings. The number of benzene rings is 2. The molecule has 1 aliphatic heterocycles. The Balaban J connectivity index is 1.43. The minimum absolute atomic E-state index is 0.0144. The molecular weight excluding hydrogens is 398 g/mol. The average molecular weight is 422 g/mol. The van der Waals surface area contributed by atoms with Crippen LogP contribution in [0.25, 0.3) is 0 Å². The molecular formula is C23H23N3O3S. The lowest BCUT2D eigenvalue weighted by Gasteiger charge is -2.35. The van der Waals surface area contributed by atoms with Gasteiger partial charge in [0.05, 0.1) is 12.0 Å². The standard InChI is InChI=1S/C23H23N3O3S/c1-29-20-6-2-5-17(15-20)16-25-12-4-13-26(23(25)28)19-10-8-18(9-11-19)24-22(27)21-7-3-14-30-21/h2-3,5-11,14-15H,4,12-13,16H2,1H3,(H,24,27). The second kappa shape index (κ2) is 9.00. The van der Waals surface area contributed by atoms with Crippen molar-refractivity contribution in [2.24, 2.45) is 0 Å². The first-order chi connectivity index (χ1) is 14.6. The van der Waals surface area contributed by atoms with Crippen LogP contribution >= 0.6 is 11.3 Å². The predicted octanol–water partition coefficient (Wildman–Crippen LogP) is 4.84. The van der Waals surface area contributed by atoms with Gasteiger partial charge in [0.1, 0.15) is 5.75 Å². The number of rotatable bonds is 6. The van der Waals surface area contributed by atoms with E-state index in [1.54, 1.807) is 18.1 Å². The van der Waals surface area contributed by atoms with E-state index in [0.717, 1.165) is 30.0 Å². The molecule has 1 saturated heterocycles.